The van der Waals surface area contributed by atoms with Gasteiger partial charge in [-0.15, -0.1) is 0 Å². The normalized spacial score (nSPS) is 10.0. The number of ether oxygens (including phenoxy) is 1. The minimum Gasteiger partial charge on any atom is -0.462 e. The molecule has 1 N–H and O–H groups in total. The van der Waals surface area contributed by atoms with E-state index in [0.29, 0.717) is 22.9 Å². The van der Waals surface area contributed by atoms with Crippen molar-refractivity contribution in [2.75, 3.05) is 11.9 Å². The van der Waals surface area contributed by atoms with Crippen molar-refractivity contribution < 1.29 is 14.3 Å². The third-order valence-corrected chi connectivity index (χ3v) is 2.84. The number of anilines is 1. The summed E-state index contributed by atoms with van der Waals surface area (Å²) in [6, 6.07) is 9.47. The average molecular weight is 305 g/mol. The molecule has 0 aliphatic rings. The van der Waals surface area contributed by atoms with E-state index in [-0.39, 0.29) is 11.6 Å². The Morgan fingerprint density at radius 1 is 1.24 bits per heavy atom. The van der Waals surface area contributed by atoms with Gasteiger partial charge in [-0.3, -0.25) is 9.78 Å². The largest absolute Gasteiger partial charge is 0.462 e. The minimum absolute atomic E-state index is 0.219. The van der Waals surface area contributed by atoms with Gasteiger partial charge in [0.25, 0.3) is 5.91 Å². The van der Waals surface area contributed by atoms with Gasteiger partial charge in [-0.1, -0.05) is 11.6 Å². The molecule has 0 atom stereocenters. The Kier molecular flexibility index (Phi) is 4.90. The smallest absolute Gasteiger partial charge is 0.338 e. The Bertz CT molecular complexity index is 656. The third-order valence-electron chi connectivity index (χ3n) is 2.61. The van der Waals surface area contributed by atoms with Crippen molar-refractivity contribution in [1.82, 2.24) is 4.98 Å². The van der Waals surface area contributed by atoms with E-state index in [2.05, 4.69) is 10.3 Å². The zero-order valence-corrected chi connectivity index (χ0v) is 12.1. The second-order valence-corrected chi connectivity index (χ2v) is 4.55. The van der Waals surface area contributed by atoms with Crippen LogP contribution in [-0.2, 0) is 4.74 Å². The van der Waals surface area contributed by atoms with Crippen LogP contribution in [0.15, 0.2) is 42.6 Å². The van der Waals surface area contributed by atoms with Crippen LogP contribution in [0, 0.1) is 0 Å². The van der Waals surface area contributed by atoms with Gasteiger partial charge in [0.2, 0.25) is 0 Å². The first-order valence-electron chi connectivity index (χ1n) is 6.30. The molecule has 1 aromatic heterocycles. The Morgan fingerprint density at radius 2 is 1.95 bits per heavy atom. The molecule has 1 aromatic carbocycles. The van der Waals surface area contributed by atoms with Crippen LogP contribution in [0.5, 0.6) is 0 Å². The summed E-state index contributed by atoms with van der Waals surface area (Å²) in [7, 11) is 0. The lowest BCUT2D eigenvalue weighted by Crippen LogP contribution is -2.13. The number of carbonyl (C=O) groups is 2. The summed E-state index contributed by atoms with van der Waals surface area (Å²) in [6.07, 6.45) is 1.46. The maximum absolute atomic E-state index is 12.0. The van der Waals surface area contributed by atoms with Gasteiger partial charge >= 0.3 is 5.97 Å². The zero-order valence-electron chi connectivity index (χ0n) is 11.3. The van der Waals surface area contributed by atoms with Crippen molar-refractivity contribution in [2.45, 2.75) is 6.92 Å². The molecule has 0 unspecified atom stereocenters. The van der Waals surface area contributed by atoms with Crippen LogP contribution in [0.1, 0.15) is 27.8 Å². The molecule has 0 fully saturated rings. The fourth-order valence-electron chi connectivity index (χ4n) is 1.63. The van der Waals surface area contributed by atoms with Crippen molar-refractivity contribution in [1.29, 1.82) is 0 Å². The van der Waals surface area contributed by atoms with Crippen LogP contribution in [-0.4, -0.2) is 23.5 Å². The van der Waals surface area contributed by atoms with E-state index < -0.39 is 5.97 Å². The van der Waals surface area contributed by atoms with Gasteiger partial charge in [-0.2, -0.15) is 0 Å². The Hall–Kier alpha value is -2.40. The number of benzene rings is 1. The molecule has 6 heteroatoms. The lowest BCUT2D eigenvalue weighted by Gasteiger charge is -2.06. The first-order valence-corrected chi connectivity index (χ1v) is 6.68. The highest BCUT2D eigenvalue weighted by molar-refractivity contribution is 6.30. The summed E-state index contributed by atoms with van der Waals surface area (Å²) in [6.45, 7) is 2.06. The zero-order chi connectivity index (χ0) is 15.2. The van der Waals surface area contributed by atoms with E-state index in [4.69, 9.17) is 16.3 Å². The third kappa shape index (κ3) is 4.03. The maximum Gasteiger partial charge on any atom is 0.338 e. The second-order valence-electron chi connectivity index (χ2n) is 4.11. The molecule has 1 heterocycles. The van der Waals surface area contributed by atoms with Gasteiger partial charge in [-0.25, -0.2) is 4.79 Å². The number of aromatic nitrogens is 1. The van der Waals surface area contributed by atoms with Crippen LogP contribution in [0.2, 0.25) is 5.02 Å². The molecule has 0 bridgehead atoms. The van der Waals surface area contributed by atoms with Crippen LogP contribution < -0.4 is 5.32 Å². The first-order chi connectivity index (χ1) is 10.1. The lowest BCUT2D eigenvalue weighted by molar-refractivity contribution is 0.0526. The van der Waals surface area contributed by atoms with Crippen LogP contribution in [0.3, 0.4) is 0 Å². The summed E-state index contributed by atoms with van der Waals surface area (Å²) in [5.41, 5.74) is 1.20. The molecule has 0 spiro atoms. The number of rotatable bonds is 4. The average Bonchev–Trinajstić information content (AvgIpc) is 2.48. The van der Waals surface area contributed by atoms with E-state index in [0.717, 1.165) is 0 Å². The van der Waals surface area contributed by atoms with Crippen LogP contribution in [0.4, 0.5) is 5.69 Å². The molecule has 21 heavy (non-hydrogen) atoms. The fourth-order valence-corrected chi connectivity index (χ4v) is 1.79. The van der Waals surface area contributed by atoms with Gasteiger partial charge < -0.3 is 10.1 Å². The fraction of sp³-hybridized carbons (Fsp3) is 0.133. The number of esters is 1. The summed E-state index contributed by atoms with van der Waals surface area (Å²) in [5, 5.41) is 3.11. The Balaban J connectivity index is 2.06. The first kappa shape index (κ1) is 15.0. The standard InChI is InChI=1S/C15H13ClN2O3/c1-2-21-15(20)10-3-5-12(6-4-10)18-14(19)13-9-11(16)7-8-17-13/h3-9H,2H2,1H3,(H,18,19). The van der Waals surface area contributed by atoms with Gasteiger partial charge in [0, 0.05) is 16.9 Å². The molecular weight excluding hydrogens is 292 g/mol. The predicted octanol–water partition coefficient (Wildman–Crippen LogP) is 3.16. The molecule has 0 saturated heterocycles. The summed E-state index contributed by atoms with van der Waals surface area (Å²) >= 11 is 5.81. The number of pyridine rings is 1. The number of halogens is 1. The summed E-state index contributed by atoms with van der Waals surface area (Å²) < 4.78 is 4.88. The molecule has 2 aromatic rings. The van der Waals surface area contributed by atoms with Crippen LogP contribution in [0.25, 0.3) is 0 Å². The van der Waals surface area contributed by atoms with E-state index in [9.17, 15) is 9.59 Å². The van der Waals surface area contributed by atoms with Crippen molar-refractivity contribution in [2.24, 2.45) is 0 Å². The Labute approximate surface area is 126 Å². The number of amides is 1. The lowest BCUT2D eigenvalue weighted by atomic mass is 10.2. The highest BCUT2D eigenvalue weighted by Gasteiger charge is 2.09. The SMILES string of the molecule is CCOC(=O)c1ccc(NC(=O)c2cc(Cl)ccn2)cc1. The predicted molar refractivity (Wildman–Crippen MR) is 79.6 cm³/mol. The van der Waals surface area contributed by atoms with Crippen LogP contribution >= 0.6 is 11.6 Å². The Morgan fingerprint density at radius 3 is 2.57 bits per heavy atom. The van der Waals surface area contributed by atoms with Crippen molar-refractivity contribution >= 4 is 29.2 Å². The molecule has 2 rings (SSSR count). The minimum atomic E-state index is -0.396. The van der Waals surface area contributed by atoms with Gasteiger partial charge in [-0.05, 0) is 43.3 Å². The number of carbonyl (C=O) groups excluding carboxylic acids is 2. The van der Waals surface area contributed by atoms with Crippen molar-refractivity contribution in [3.8, 4) is 0 Å². The maximum atomic E-state index is 12.0. The topological polar surface area (TPSA) is 68.3 Å². The van der Waals surface area contributed by atoms with Gasteiger partial charge in [0.15, 0.2) is 0 Å². The monoisotopic (exact) mass is 304 g/mol. The second kappa shape index (κ2) is 6.85. The van der Waals surface area contributed by atoms with E-state index >= 15 is 0 Å². The summed E-state index contributed by atoms with van der Waals surface area (Å²) in [5.74, 6) is -0.770. The number of nitrogens with one attached hydrogen (secondary N) is 1. The van der Waals surface area contributed by atoms with Gasteiger partial charge in [0.1, 0.15) is 5.69 Å². The molecule has 0 aliphatic heterocycles. The number of hydrogen-bond acceptors (Lipinski definition) is 4. The van der Waals surface area contributed by atoms with E-state index in [1.807, 2.05) is 0 Å². The van der Waals surface area contributed by atoms with Crippen molar-refractivity contribution in [3.05, 3.63) is 58.9 Å². The number of nitrogens with zero attached hydrogens (tertiary/aromatic N) is 1. The molecule has 0 aliphatic carbocycles. The number of hydrogen-bond donors (Lipinski definition) is 1. The van der Waals surface area contributed by atoms with Crippen molar-refractivity contribution in [3.63, 3.8) is 0 Å². The van der Waals surface area contributed by atoms with E-state index in [1.165, 1.54) is 12.3 Å². The molecule has 0 saturated carbocycles. The quantitative estimate of drug-likeness (QED) is 0.881. The summed E-state index contributed by atoms with van der Waals surface area (Å²) in [4.78, 5) is 27.4. The highest BCUT2D eigenvalue weighted by Crippen LogP contribution is 2.13. The molecule has 5 nitrogen and oxygen atoms in total. The molecule has 108 valence electrons. The van der Waals surface area contributed by atoms with Gasteiger partial charge in [0.05, 0.1) is 12.2 Å². The molecule has 1 amide bonds. The van der Waals surface area contributed by atoms with E-state index in [1.54, 1.807) is 37.3 Å². The highest BCUT2D eigenvalue weighted by atomic mass is 35.5. The molecule has 0 radical (unpaired) electrons. The molecular formula is C15H13ClN2O3.